The van der Waals surface area contributed by atoms with Crippen molar-refractivity contribution in [3.8, 4) is 0 Å². The van der Waals surface area contributed by atoms with E-state index in [0.29, 0.717) is 13.0 Å². The zero-order valence-corrected chi connectivity index (χ0v) is 13.3. The molecule has 2 heterocycles. The van der Waals surface area contributed by atoms with E-state index in [1.807, 2.05) is 36.1 Å². The Labute approximate surface area is 131 Å². The zero-order chi connectivity index (χ0) is 15.7. The summed E-state index contributed by atoms with van der Waals surface area (Å²) in [6.07, 6.45) is 0.332. The Kier molecular flexibility index (Phi) is 4.16. The zero-order valence-electron chi connectivity index (χ0n) is 13.3. The number of rotatable bonds is 2. The second-order valence-corrected chi connectivity index (χ2v) is 6.37. The molecule has 0 N–H and O–H groups in total. The highest BCUT2D eigenvalue weighted by atomic mass is 16.2. The van der Waals surface area contributed by atoms with Gasteiger partial charge >= 0.3 is 0 Å². The molecule has 0 radical (unpaired) electrons. The third-order valence-corrected chi connectivity index (χ3v) is 4.63. The molecule has 2 saturated heterocycles. The van der Waals surface area contributed by atoms with Gasteiger partial charge in [0.15, 0.2) is 0 Å². The van der Waals surface area contributed by atoms with E-state index in [0.717, 1.165) is 31.9 Å². The van der Waals surface area contributed by atoms with E-state index in [2.05, 4.69) is 11.9 Å². The van der Waals surface area contributed by atoms with Gasteiger partial charge in [-0.3, -0.25) is 9.59 Å². The first-order chi connectivity index (χ1) is 10.5. The van der Waals surface area contributed by atoms with Gasteiger partial charge in [-0.15, -0.1) is 0 Å². The van der Waals surface area contributed by atoms with E-state index in [4.69, 9.17) is 0 Å². The van der Waals surface area contributed by atoms with Gasteiger partial charge in [0.05, 0.1) is 5.92 Å². The van der Waals surface area contributed by atoms with Gasteiger partial charge in [-0.25, -0.2) is 0 Å². The lowest BCUT2D eigenvalue weighted by Crippen LogP contribution is -2.49. The molecule has 1 aromatic carbocycles. The smallest absolute Gasteiger partial charge is 0.228 e. The van der Waals surface area contributed by atoms with Gasteiger partial charge in [-0.1, -0.05) is 17.7 Å². The number of anilines is 1. The molecule has 22 heavy (non-hydrogen) atoms. The van der Waals surface area contributed by atoms with Crippen LogP contribution in [0.15, 0.2) is 24.3 Å². The molecule has 0 aromatic heterocycles. The fraction of sp³-hybridized carbons (Fsp3) is 0.529. The standard InChI is InChI=1S/C17H23N3O2/c1-13-3-5-15(6-4-13)20-12-14(11-16(20)21)17(22)19-9-7-18(2)8-10-19/h3-6,14H,7-12H2,1-2H3. The quantitative estimate of drug-likeness (QED) is 0.822. The molecule has 2 aliphatic heterocycles. The molecule has 1 unspecified atom stereocenters. The van der Waals surface area contributed by atoms with E-state index in [-0.39, 0.29) is 17.7 Å². The molecule has 1 atom stereocenters. The Bertz CT molecular complexity index is 562. The summed E-state index contributed by atoms with van der Waals surface area (Å²) in [5.41, 5.74) is 2.06. The van der Waals surface area contributed by atoms with E-state index >= 15 is 0 Å². The maximum atomic E-state index is 12.6. The largest absolute Gasteiger partial charge is 0.340 e. The van der Waals surface area contributed by atoms with Gasteiger partial charge in [-0.2, -0.15) is 0 Å². The van der Waals surface area contributed by atoms with Crippen LogP contribution in [0.4, 0.5) is 5.69 Å². The molecular formula is C17H23N3O2. The number of nitrogens with zero attached hydrogens (tertiary/aromatic N) is 3. The van der Waals surface area contributed by atoms with Crippen LogP contribution in [-0.2, 0) is 9.59 Å². The van der Waals surface area contributed by atoms with Crippen molar-refractivity contribution in [3.63, 3.8) is 0 Å². The average Bonchev–Trinajstić information content (AvgIpc) is 2.90. The molecule has 2 amide bonds. The average molecular weight is 301 g/mol. The Morgan fingerprint density at radius 3 is 2.36 bits per heavy atom. The number of aryl methyl sites for hydroxylation is 1. The van der Waals surface area contributed by atoms with Crippen LogP contribution in [0, 0.1) is 12.8 Å². The Balaban J connectivity index is 1.66. The number of likely N-dealkylation sites (N-methyl/N-ethyl adjacent to an activating group) is 1. The third kappa shape index (κ3) is 2.99. The minimum absolute atomic E-state index is 0.0522. The molecule has 0 saturated carbocycles. The fourth-order valence-electron chi connectivity index (χ4n) is 3.13. The molecule has 2 aliphatic rings. The van der Waals surface area contributed by atoms with Gasteiger partial charge in [0, 0.05) is 44.8 Å². The lowest BCUT2D eigenvalue weighted by molar-refractivity contribution is -0.137. The number of hydrogen-bond donors (Lipinski definition) is 0. The van der Waals surface area contributed by atoms with Crippen LogP contribution in [0.5, 0.6) is 0 Å². The van der Waals surface area contributed by atoms with Crippen molar-refractivity contribution in [2.24, 2.45) is 5.92 Å². The number of piperazine rings is 1. The van der Waals surface area contributed by atoms with E-state index < -0.39 is 0 Å². The van der Waals surface area contributed by atoms with Gasteiger partial charge < -0.3 is 14.7 Å². The summed E-state index contributed by atoms with van der Waals surface area (Å²) in [6.45, 7) is 5.89. The molecule has 5 nitrogen and oxygen atoms in total. The van der Waals surface area contributed by atoms with Crippen LogP contribution in [-0.4, -0.2) is 61.4 Å². The monoisotopic (exact) mass is 301 g/mol. The minimum Gasteiger partial charge on any atom is -0.340 e. The molecule has 118 valence electrons. The topological polar surface area (TPSA) is 43.9 Å². The van der Waals surface area contributed by atoms with Gasteiger partial charge in [0.2, 0.25) is 11.8 Å². The van der Waals surface area contributed by atoms with Crippen molar-refractivity contribution in [1.82, 2.24) is 9.80 Å². The number of carbonyl (C=O) groups is 2. The van der Waals surface area contributed by atoms with E-state index in [1.165, 1.54) is 5.56 Å². The Morgan fingerprint density at radius 2 is 1.73 bits per heavy atom. The summed E-state index contributed by atoms with van der Waals surface area (Å²) in [6, 6.07) is 7.91. The molecule has 2 fully saturated rings. The van der Waals surface area contributed by atoms with Gasteiger partial charge in [-0.05, 0) is 26.1 Å². The maximum absolute atomic E-state index is 12.6. The molecule has 0 aliphatic carbocycles. The van der Waals surface area contributed by atoms with Crippen LogP contribution in [0.2, 0.25) is 0 Å². The summed E-state index contributed by atoms with van der Waals surface area (Å²) in [7, 11) is 2.07. The maximum Gasteiger partial charge on any atom is 0.228 e. The van der Waals surface area contributed by atoms with Crippen molar-refractivity contribution in [2.45, 2.75) is 13.3 Å². The van der Waals surface area contributed by atoms with Crippen molar-refractivity contribution in [3.05, 3.63) is 29.8 Å². The van der Waals surface area contributed by atoms with Crippen molar-refractivity contribution >= 4 is 17.5 Å². The molecule has 3 rings (SSSR count). The number of hydrogen-bond acceptors (Lipinski definition) is 3. The van der Waals surface area contributed by atoms with Crippen LogP contribution >= 0.6 is 0 Å². The summed E-state index contributed by atoms with van der Waals surface area (Å²) in [5.74, 6) is -0.00963. The van der Waals surface area contributed by atoms with Crippen LogP contribution in [0.1, 0.15) is 12.0 Å². The predicted octanol–water partition coefficient (Wildman–Crippen LogP) is 1.12. The second-order valence-electron chi connectivity index (χ2n) is 6.37. The number of benzene rings is 1. The molecule has 5 heteroatoms. The summed E-state index contributed by atoms with van der Waals surface area (Å²) in [5, 5.41) is 0. The van der Waals surface area contributed by atoms with Crippen molar-refractivity contribution in [2.75, 3.05) is 44.7 Å². The molecule has 0 spiro atoms. The normalized spacial score (nSPS) is 23.2. The van der Waals surface area contributed by atoms with E-state index in [9.17, 15) is 9.59 Å². The summed E-state index contributed by atoms with van der Waals surface area (Å²) < 4.78 is 0. The van der Waals surface area contributed by atoms with Crippen LogP contribution in [0.25, 0.3) is 0 Å². The highest BCUT2D eigenvalue weighted by molar-refractivity contribution is 6.00. The van der Waals surface area contributed by atoms with Gasteiger partial charge in [0.25, 0.3) is 0 Å². The van der Waals surface area contributed by atoms with Gasteiger partial charge in [0.1, 0.15) is 0 Å². The first-order valence-corrected chi connectivity index (χ1v) is 7.89. The SMILES string of the molecule is Cc1ccc(N2CC(C(=O)N3CCN(C)CC3)CC2=O)cc1. The molecular weight excluding hydrogens is 278 g/mol. The Hall–Kier alpha value is -1.88. The third-order valence-electron chi connectivity index (χ3n) is 4.63. The summed E-state index contributed by atoms with van der Waals surface area (Å²) in [4.78, 5) is 30.8. The lowest BCUT2D eigenvalue weighted by Gasteiger charge is -2.33. The molecule has 0 bridgehead atoms. The summed E-state index contributed by atoms with van der Waals surface area (Å²) >= 11 is 0. The number of carbonyl (C=O) groups excluding carboxylic acids is 2. The van der Waals surface area contributed by atoms with Crippen molar-refractivity contribution in [1.29, 1.82) is 0 Å². The Morgan fingerprint density at radius 1 is 1.09 bits per heavy atom. The minimum atomic E-state index is -0.197. The molecule has 1 aromatic rings. The predicted molar refractivity (Wildman–Crippen MR) is 85.7 cm³/mol. The first-order valence-electron chi connectivity index (χ1n) is 7.89. The first kappa shape index (κ1) is 15.0. The lowest BCUT2D eigenvalue weighted by atomic mass is 10.1. The van der Waals surface area contributed by atoms with E-state index in [1.54, 1.807) is 4.90 Å². The number of amides is 2. The van der Waals surface area contributed by atoms with Crippen LogP contribution < -0.4 is 4.90 Å². The van der Waals surface area contributed by atoms with Crippen molar-refractivity contribution < 1.29 is 9.59 Å². The highest BCUT2D eigenvalue weighted by Crippen LogP contribution is 2.26. The highest BCUT2D eigenvalue weighted by Gasteiger charge is 2.37. The second kappa shape index (κ2) is 6.08. The van der Waals surface area contributed by atoms with Crippen LogP contribution in [0.3, 0.4) is 0 Å². The fourth-order valence-corrected chi connectivity index (χ4v) is 3.13.